The van der Waals surface area contributed by atoms with Crippen LogP contribution in [0.3, 0.4) is 0 Å². The molecule has 1 aliphatic heterocycles. The lowest BCUT2D eigenvalue weighted by Gasteiger charge is -2.21. The molecule has 1 heterocycles. The highest BCUT2D eigenvalue weighted by molar-refractivity contribution is 6.06. The fraction of sp³-hybridized carbons (Fsp3) is 0.440. The molecule has 166 valence electrons. The van der Waals surface area contributed by atoms with Gasteiger partial charge in [-0.3, -0.25) is 9.59 Å². The summed E-state index contributed by atoms with van der Waals surface area (Å²) in [6.07, 6.45) is 3.28. The van der Waals surface area contributed by atoms with Gasteiger partial charge in [-0.2, -0.15) is 0 Å². The first-order valence-electron chi connectivity index (χ1n) is 10.8. The van der Waals surface area contributed by atoms with Crippen LogP contribution in [-0.2, 0) is 16.1 Å². The van der Waals surface area contributed by atoms with E-state index in [1.165, 1.54) is 6.92 Å². The molecular weight excluding hydrogens is 392 g/mol. The number of aryl methyl sites for hydroxylation is 2. The van der Waals surface area contributed by atoms with Crippen LogP contribution in [0.2, 0.25) is 0 Å². The number of fused-ring (bicyclic) bond motifs is 1. The molecule has 0 unspecified atom stereocenters. The lowest BCUT2D eigenvalue weighted by atomic mass is 10.0. The molecule has 3 rings (SSSR count). The summed E-state index contributed by atoms with van der Waals surface area (Å²) in [4.78, 5) is 26.7. The minimum Gasteiger partial charge on any atom is -0.493 e. The summed E-state index contributed by atoms with van der Waals surface area (Å²) < 4.78 is 11.4. The van der Waals surface area contributed by atoms with Gasteiger partial charge in [0.15, 0.2) is 11.5 Å². The van der Waals surface area contributed by atoms with E-state index in [4.69, 9.17) is 9.47 Å². The van der Waals surface area contributed by atoms with Crippen molar-refractivity contribution >= 4 is 17.5 Å². The van der Waals surface area contributed by atoms with Crippen LogP contribution in [0, 0.1) is 13.8 Å². The van der Waals surface area contributed by atoms with Gasteiger partial charge in [-0.15, -0.1) is 0 Å². The van der Waals surface area contributed by atoms with Crippen LogP contribution in [0.5, 0.6) is 11.5 Å². The van der Waals surface area contributed by atoms with Crippen molar-refractivity contribution in [1.29, 1.82) is 0 Å². The first-order valence-corrected chi connectivity index (χ1v) is 10.8. The number of hydrogen-bond acceptors (Lipinski definition) is 4. The number of unbranched alkanes of at least 4 members (excludes halogenated alkanes) is 2. The van der Waals surface area contributed by atoms with Crippen molar-refractivity contribution in [3.05, 3.63) is 52.6 Å². The highest BCUT2D eigenvalue weighted by atomic mass is 16.5. The number of amides is 2. The van der Waals surface area contributed by atoms with Gasteiger partial charge in [-0.1, -0.05) is 43.5 Å². The van der Waals surface area contributed by atoms with Crippen molar-refractivity contribution in [2.45, 2.75) is 59.5 Å². The summed E-state index contributed by atoms with van der Waals surface area (Å²) in [5, 5.41) is 2.81. The van der Waals surface area contributed by atoms with E-state index < -0.39 is 6.04 Å². The standard InChI is InChI=1S/C25H32N2O4/c1-6-7-8-11-31-21-10-9-19(14-22(21)30-5)15-27-24-17(3)12-16(2)13-20(24)23(25(27)29)26-18(4)28/h9-10,12-14,23H,6-8,11,15H2,1-5H3,(H,26,28)/t23-/m0/s1. The highest BCUT2D eigenvalue weighted by Crippen LogP contribution is 2.40. The van der Waals surface area contributed by atoms with E-state index in [1.807, 2.05) is 38.1 Å². The number of nitrogens with zero attached hydrogens (tertiary/aromatic N) is 1. The number of ether oxygens (including phenoxy) is 2. The largest absolute Gasteiger partial charge is 0.493 e. The van der Waals surface area contributed by atoms with Gasteiger partial charge in [-0.25, -0.2) is 0 Å². The predicted molar refractivity (Wildman–Crippen MR) is 122 cm³/mol. The van der Waals surface area contributed by atoms with E-state index >= 15 is 0 Å². The number of rotatable bonds is 9. The summed E-state index contributed by atoms with van der Waals surface area (Å²) in [7, 11) is 1.62. The van der Waals surface area contributed by atoms with Gasteiger partial charge >= 0.3 is 0 Å². The summed E-state index contributed by atoms with van der Waals surface area (Å²) in [5.74, 6) is 1.01. The third-order valence-electron chi connectivity index (χ3n) is 5.49. The summed E-state index contributed by atoms with van der Waals surface area (Å²) in [5.41, 5.74) is 4.72. The minimum absolute atomic E-state index is 0.127. The van der Waals surface area contributed by atoms with Crippen molar-refractivity contribution < 1.29 is 19.1 Å². The highest BCUT2D eigenvalue weighted by Gasteiger charge is 2.39. The Balaban J connectivity index is 1.87. The third kappa shape index (κ3) is 5.01. The van der Waals surface area contributed by atoms with E-state index in [0.717, 1.165) is 47.2 Å². The maximum absolute atomic E-state index is 13.2. The van der Waals surface area contributed by atoms with Gasteiger partial charge in [0.05, 0.1) is 25.9 Å². The van der Waals surface area contributed by atoms with Gasteiger partial charge in [0.25, 0.3) is 5.91 Å². The SMILES string of the molecule is CCCCCOc1ccc(CN2C(=O)[C@@H](NC(C)=O)c3cc(C)cc(C)c32)cc1OC. The lowest BCUT2D eigenvalue weighted by Crippen LogP contribution is -2.36. The molecule has 2 aromatic rings. The minimum atomic E-state index is -0.658. The van der Waals surface area contributed by atoms with E-state index in [1.54, 1.807) is 12.0 Å². The van der Waals surface area contributed by atoms with Crippen molar-refractivity contribution in [2.75, 3.05) is 18.6 Å². The summed E-state index contributed by atoms with van der Waals surface area (Å²) in [6.45, 7) is 8.62. The van der Waals surface area contributed by atoms with Crippen molar-refractivity contribution in [2.24, 2.45) is 0 Å². The topological polar surface area (TPSA) is 67.9 Å². The molecule has 1 aliphatic rings. The molecule has 6 nitrogen and oxygen atoms in total. The molecule has 0 spiro atoms. The van der Waals surface area contributed by atoms with Crippen LogP contribution in [0.1, 0.15) is 61.4 Å². The Bertz CT molecular complexity index is 970. The molecule has 0 aromatic heterocycles. The molecule has 0 aliphatic carbocycles. The van der Waals surface area contributed by atoms with Gasteiger partial charge in [0.1, 0.15) is 6.04 Å². The number of hydrogen-bond donors (Lipinski definition) is 1. The summed E-state index contributed by atoms with van der Waals surface area (Å²) in [6, 6.07) is 9.15. The maximum Gasteiger partial charge on any atom is 0.254 e. The molecule has 0 bridgehead atoms. The molecule has 0 saturated heterocycles. The quantitative estimate of drug-likeness (QED) is 0.597. The Labute approximate surface area is 184 Å². The van der Waals surface area contributed by atoms with Crippen LogP contribution in [0.25, 0.3) is 0 Å². The van der Waals surface area contributed by atoms with Gasteiger partial charge in [-0.05, 0) is 43.5 Å². The molecule has 0 radical (unpaired) electrons. The van der Waals surface area contributed by atoms with E-state index in [2.05, 4.69) is 18.3 Å². The Hall–Kier alpha value is -3.02. The molecule has 1 atom stereocenters. The fourth-order valence-corrected chi connectivity index (χ4v) is 4.13. The Morgan fingerprint density at radius 2 is 1.90 bits per heavy atom. The molecule has 6 heteroatoms. The molecule has 31 heavy (non-hydrogen) atoms. The van der Waals surface area contributed by atoms with Crippen molar-refractivity contribution in [1.82, 2.24) is 5.32 Å². The van der Waals surface area contributed by atoms with Gasteiger partial charge < -0.3 is 19.7 Å². The third-order valence-corrected chi connectivity index (χ3v) is 5.49. The van der Waals surface area contributed by atoms with Crippen LogP contribution >= 0.6 is 0 Å². The first kappa shape index (κ1) is 22.7. The Morgan fingerprint density at radius 3 is 2.58 bits per heavy atom. The number of carbonyl (C=O) groups excluding carboxylic acids is 2. The van der Waals surface area contributed by atoms with Crippen LogP contribution in [0.15, 0.2) is 30.3 Å². The fourth-order valence-electron chi connectivity index (χ4n) is 4.13. The van der Waals surface area contributed by atoms with Crippen LogP contribution < -0.4 is 19.7 Å². The zero-order valence-electron chi connectivity index (χ0n) is 19.1. The molecule has 2 amide bonds. The van der Waals surface area contributed by atoms with Crippen LogP contribution in [0.4, 0.5) is 5.69 Å². The lowest BCUT2D eigenvalue weighted by molar-refractivity contribution is -0.126. The monoisotopic (exact) mass is 424 g/mol. The molecule has 0 fully saturated rings. The second kappa shape index (κ2) is 9.86. The molecular formula is C25H32N2O4. The average molecular weight is 425 g/mol. The predicted octanol–water partition coefficient (Wildman–Crippen LogP) is 4.61. The number of carbonyl (C=O) groups is 2. The molecule has 0 saturated carbocycles. The Kier molecular flexibility index (Phi) is 7.21. The zero-order valence-corrected chi connectivity index (χ0v) is 19.1. The average Bonchev–Trinajstić information content (AvgIpc) is 2.97. The molecule has 1 N–H and O–H groups in total. The van der Waals surface area contributed by atoms with E-state index in [9.17, 15) is 9.59 Å². The number of benzene rings is 2. The van der Waals surface area contributed by atoms with Crippen molar-refractivity contribution in [3.63, 3.8) is 0 Å². The van der Waals surface area contributed by atoms with E-state index in [0.29, 0.717) is 24.7 Å². The number of nitrogens with one attached hydrogen (secondary N) is 1. The van der Waals surface area contributed by atoms with Gasteiger partial charge in [0, 0.05) is 12.5 Å². The second-order valence-electron chi connectivity index (χ2n) is 8.12. The normalized spacial score (nSPS) is 15.1. The zero-order chi connectivity index (χ0) is 22.5. The van der Waals surface area contributed by atoms with Crippen LogP contribution in [-0.4, -0.2) is 25.5 Å². The smallest absolute Gasteiger partial charge is 0.254 e. The first-order chi connectivity index (χ1) is 14.8. The maximum atomic E-state index is 13.2. The Morgan fingerprint density at radius 1 is 1.13 bits per heavy atom. The van der Waals surface area contributed by atoms with E-state index in [-0.39, 0.29) is 11.8 Å². The van der Waals surface area contributed by atoms with Crippen molar-refractivity contribution in [3.8, 4) is 11.5 Å². The second-order valence-corrected chi connectivity index (χ2v) is 8.12. The van der Waals surface area contributed by atoms with Gasteiger partial charge in [0.2, 0.25) is 5.91 Å². The summed E-state index contributed by atoms with van der Waals surface area (Å²) >= 11 is 0. The number of anilines is 1. The molecule has 2 aromatic carbocycles. The number of methoxy groups -OCH3 is 1.